The molecule has 48 heavy (non-hydrogen) atoms. The smallest absolute Gasteiger partial charge is 0.409 e. The van der Waals surface area contributed by atoms with Crippen molar-refractivity contribution < 1.29 is 28.2 Å². The van der Waals surface area contributed by atoms with Gasteiger partial charge in [0, 0.05) is 36.0 Å². The quantitative estimate of drug-likeness (QED) is 0.139. The third-order valence-electron chi connectivity index (χ3n) is 8.22. The van der Waals surface area contributed by atoms with Crippen molar-refractivity contribution in [3.63, 3.8) is 0 Å². The number of hydrogen-bond donors (Lipinski definition) is 3. The van der Waals surface area contributed by atoms with Crippen molar-refractivity contribution in [1.82, 2.24) is 15.5 Å². The van der Waals surface area contributed by atoms with E-state index in [2.05, 4.69) is 33.1 Å². The molecule has 252 valence electrons. The number of likely N-dealkylation sites (N-methyl/N-ethyl adjacent to an activating group) is 1. The SMILES string of the molecule is C=C(NC1(c2ccccc2OCCN(C)C(=O)OCc2ccccc2)CC1)C(=O)N(/C=C(\N)Br)c1cc(C(=O)NC2CC2)cc(F)c1C. The molecule has 2 saturated carbocycles. The first kappa shape index (κ1) is 34.5. The molecule has 5 rings (SSSR count). The van der Waals surface area contributed by atoms with Crippen LogP contribution >= 0.6 is 15.9 Å². The van der Waals surface area contributed by atoms with Gasteiger partial charge in [0.25, 0.3) is 11.8 Å². The Morgan fingerprint density at radius 1 is 1.10 bits per heavy atom. The number of carbonyl (C=O) groups excluding carboxylic acids is 3. The van der Waals surface area contributed by atoms with Crippen LogP contribution in [-0.2, 0) is 21.7 Å². The predicted octanol–water partition coefficient (Wildman–Crippen LogP) is 5.95. The van der Waals surface area contributed by atoms with E-state index in [4.69, 9.17) is 15.2 Å². The standard InChI is InChI=1S/C36H39BrFN5O5/c1-23-29(38)19-26(33(44)40-27-13-14-27)20-30(23)43(21-32(37)39)34(45)24(2)41-36(15-16-36)28-11-7-8-12-31(28)47-18-17-42(3)35(46)48-22-25-9-5-4-6-10-25/h4-12,19-21,27,41H,2,13-18,22,39H2,1,3H3,(H,40,44)/b32-21-. The number of nitrogens with zero attached hydrogens (tertiary/aromatic N) is 2. The molecule has 4 N–H and O–H groups in total. The number of halogens is 2. The predicted molar refractivity (Wildman–Crippen MR) is 185 cm³/mol. The van der Waals surface area contributed by atoms with Gasteiger partial charge in [-0.2, -0.15) is 0 Å². The summed E-state index contributed by atoms with van der Waals surface area (Å²) in [5.41, 5.74) is 7.48. The highest BCUT2D eigenvalue weighted by atomic mass is 79.9. The van der Waals surface area contributed by atoms with Crippen LogP contribution in [0.4, 0.5) is 14.9 Å². The largest absolute Gasteiger partial charge is 0.491 e. The monoisotopic (exact) mass is 719 g/mol. The lowest BCUT2D eigenvalue weighted by Gasteiger charge is -2.27. The zero-order valence-electron chi connectivity index (χ0n) is 26.9. The van der Waals surface area contributed by atoms with E-state index in [9.17, 15) is 14.4 Å². The summed E-state index contributed by atoms with van der Waals surface area (Å²) in [5.74, 6) is -1.03. The van der Waals surface area contributed by atoms with E-state index in [0.29, 0.717) is 18.6 Å². The molecule has 0 aliphatic heterocycles. The van der Waals surface area contributed by atoms with Gasteiger partial charge in [-0.25, -0.2) is 9.18 Å². The van der Waals surface area contributed by atoms with Gasteiger partial charge in [-0.05, 0) is 72.3 Å². The van der Waals surface area contributed by atoms with Crippen molar-refractivity contribution in [3.8, 4) is 5.75 Å². The van der Waals surface area contributed by atoms with Gasteiger partial charge in [-0.3, -0.25) is 14.5 Å². The summed E-state index contributed by atoms with van der Waals surface area (Å²) in [6.07, 6.45) is 4.01. The number of nitrogens with two attached hydrogens (primary N) is 1. The molecular weight excluding hydrogens is 681 g/mol. The van der Waals surface area contributed by atoms with Crippen LogP contribution in [0, 0.1) is 12.7 Å². The number of benzene rings is 3. The van der Waals surface area contributed by atoms with Gasteiger partial charge in [0.05, 0.1) is 28.1 Å². The van der Waals surface area contributed by atoms with E-state index >= 15 is 4.39 Å². The second-order valence-electron chi connectivity index (χ2n) is 12.0. The van der Waals surface area contributed by atoms with Gasteiger partial charge in [0.15, 0.2) is 0 Å². The van der Waals surface area contributed by atoms with Gasteiger partial charge in [-0.15, -0.1) is 0 Å². The Hall–Kier alpha value is -4.84. The average molecular weight is 721 g/mol. The highest BCUT2D eigenvalue weighted by Gasteiger charge is 2.47. The van der Waals surface area contributed by atoms with Crippen molar-refractivity contribution in [2.75, 3.05) is 25.1 Å². The second-order valence-corrected chi connectivity index (χ2v) is 12.9. The summed E-state index contributed by atoms with van der Waals surface area (Å²) in [6.45, 7) is 6.23. The molecule has 0 radical (unpaired) electrons. The van der Waals surface area contributed by atoms with E-state index in [1.807, 2.05) is 54.6 Å². The Labute approximate surface area is 287 Å². The van der Waals surface area contributed by atoms with Gasteiger partial charge in [-0.1, -0.05) is 55.1 Å². The van der Waals surface area contributed by atoms with Crippen molar-refractivity contribution in [1.29, 1.82) is 0 Å². The molecule has 2 aliphatic rings. The number of ether oxygens (including phenoxy) is 2. The Bertz CT molecular complexity index is 1720. The minimum absolute atomic E-state index is 0.0424. The van der Waals surface area contributed by atoms with E-state index < -0.39 is 29.3 Å². The molecule has 3 aromatic carbocycles. The highest BCUT2D eigenvalue weighted by molar-refractivity contribution is 9.11. The maximum atomic E-state index is 15.1. The lowest BCUT2D eigenvalue weighted by atomic mass is 10.0. The molecule has 0 unspecified atom stereocenters. The Morgan fingerprint density at radius 3 is 2.46 bits per heavy atom. The minimum Gasteiger partial charge on any atom is -0.491 e. The van der Waals surface area contributed by atoms with Crippen LogP contribution < -0.4 is 26.0 Å². The maximum Gasteiger partial charge on any atom is 0.409 e. The molecule has 0 atom stereocenters. The normalized spacial score (nSPS) is 14.8. The Balaban J connectivity index is 1.26. The first-order valence-electron chi connectivity index (χ1n) is 15.7. The Morgan fingerprint density at radius 2 is 1.79 bits per heavy atom. The van der Waals surface area contributed by atoms with Gasteiger partial charge in [0.1, 0.15) is 24.8 Å². The van der Waals surface area contributed by atoms with Crippen LogP contribution in [0.15, 0.2) is 89.8 Å². The average Bonchev–Trinajstić information content (AvgIpc) is 4.02. The van der Waals surface area contributed by atoms with E-state index in [1.54, 1.807) is 7.05 Å². The topological polar surface area (TPSA) is 126 Å². The summed E-state index contributed by atoms with van der Waals surface area (Å²) in [6, 6.07) is 19.6. The molecule has 3 amide bonds. The van der Waals surface area contributed by atoms with E-state index in [0.717, 1.165) is 30.0 Å². The minimum atomic E-state index is -0.633. The Kier molecular flexibility index (Phi) is 10.7. The highest BCUT2D eigenvalue weighted by Crippen LogP contribution is 2.49. The third kappa shape index (κ3) is 8.54. The summed E-state index contributed by atoms with van der Waals surface area (Å²) >= 11 is 3.18. The van der Waals surface area contributed by atoms with Crippen LogP contribution in [0.25, 0.3) is 0 Å². The van der Waals surface area contributed by atoms with Crippen molar-refractivity contribution in [2.24, 2.45) is 5.73 Å². The molecule has 0 bridgehead atoms. The van der Waals surface area contributed by atoms with Crippen molar-refractivity contribution >= 4 is 39.5 Å². The molecule has 2 fully saturated rings. The molecule has 3 aromatic rings. The zero-order valence-corrected chi connectivity index (χ0v) is 28.5. The molecular formula is C36H39BrFN5O5. The van der Waals surface area contributed by atoms with Crippen LogP contribution in [-0.4, -0.2) is 49.0 Å². The van der Waals surface area contributed by atoms with Gasteiger partial charge in [0.2, 0.25) is 0 Å². The first-order valence-corrected chi connectivity index (χ1v) is 16.5. The molecule has 2 aliphatic carbocycles. The lowest BCUT2D eigenvalue weighted by Crippen LogP contribution is -2.38. The van der Waals surface area contributed by atoms with Crippen LogP contribution in [0.1, 0.15) is 52.7 Å². The molecule has 0 heterocycles. The van der Waals surface area contributed by atoms with E-state index in [1.165, 1.54) is 29.0 Å². The summed E-state index contributed by atoms with van der Waals surface area (Å²) in [4.78, 5) is 41.8. The molecule has 10 nitrogen and oxygen atoms in total. The summed E-state index contributed by atoms with van der Waals surface area (Å²) in [7, 11) is 1.64. The fourth-order valence-electron chi connectivity index (χ4n) is 5.18. The van der Waals surface area contributed by atoms with Crippen molar-refractivity contribution in [2.45, 2.75) is 50.8 Å². The first-order chi connectivity index (χ1) is 23.0. The molecule has 0 spiro atoms. The van der Waals surface area contributed by atoms with Crippen molar-refractivity contribution in [3.05, 3.63) is 118 Å². The third-order valence-corrected chi connectivity index (χ3v) is 8.43. The summed E-state index contributed by atoms with van der Waals surface area (Å²) in [5, 5.41) is 6.14. The number of rotatable bonds is 14. The number of anilines is 1. The maximum absolute atomic E-state index is 15.1. The summed E-state index contributed by atoms with van der Waals surface area (Å²) < 4.78 is 26.7. The van der Waals surface area contributed by atoms with Crippen LogP contribution in [0.3, 0.4) is 0 Å². The van der Waals surface area contributed by atoms with Gasteiger partial charge < -0.3 is 30.7 Å². The number of hydrogen-bond acceptors (Lipinski definition) is 7. The van der Waals surface area contributed by atoms with Crippen LogP contribution in [0.2, 0.25) is 0 Å². The van der Waals surface area contributed by atoms with Gasteiger partial charge >= 0.3 is 6.09 Å². The molecule has 12 heteroatoms. The fraction of sp³-hybridized carbons (Fsp3) is 0.306. The number of para-hydroxylation sites is 1. The molecule has 0 aromatic heterocycles. The number of carbonyl (C=O) groups is 3. The van der Waals surface area contributed by atoms with Crippen LogP contribution in [0.5, 0.6) is 5.75 Å². The zero-order chi connectivity index (χ0) is 34.4. The lowest BCUT2D eigenvalue weighted by molar-refractivity contribution is -0.115. The van der Waals surface area contributed by atoms with E-state index in [-0.39, 0.29) is 52.9 Å². The molecule has 0 saturated heterocycles. The fourth-order valence-corrected chi connectivity index (χ4v) is 5.38. The number of nitrogens with one attached hydrogen (secondary N) is 2. The second kappa shape index (κ2) is 14.9. The number of amides is 3.